The summed E-state index contributed by atoms with van der Waals surface area (Å²) in [5, 5.41) is 9.32. The van der Waals surface area contributed by atoms with Crippen molar-refractivity contribution in [1.29, 1.82) is 5.41 Å². The van der Waals surface area contributed by atoms with Crippen LogP contribution < -0.4 is 5.73 Å². The summed E-state index contributed by atoms with van der Waals surface area (Å²) >= 11 is 0. The summed E-state index contributed by atoms with van der Waals surface area (Å²) in [7, 11) is 0. The highest BCUT2D eigenvalue weighted by molar-refractivity contribution is 5.80. The van der Waals surface area contributed by atoms with Crippen molar-refractivity contribution in [1.82, 2.24) is 14.7 Å². The van der Waals surface area contributed by atoms with E-state index < -0.39 is 0 Å². The highest BCUT2D eigenvalue weighted by Crippen LogP contribution is 2.61. The zero-order valence-corrected chi connectivity index (χ0v) is 30.1. The largest absolute Gasteiger partial charge is 0.370 e. The smallest absolute Gasteiger partial charge is 0.194 e. The number of guanidine groups is 2. The van der Waals surface area contributed by atoms with E-state index in [-0.39, 0.29) is 0 Å². The van der Waals surface area contributed by atoms with Crippen molar-refractivity contribution in [2.24, 2.45) is 39.8 Å². The highest BCUT2D eigenvalue weighted by atomic mass is 15.4. The predicted molar refractivity (Wildman–Crippen MR) is 203 cm³/mol. The molecule has 2 aromatic carbocycles. The van der Waals surface area contributed by atoms with Crippen LogP contribution in [0.15, 0.2) is 59.6 Å². The van der Waals surface area contributed by atoms with Gasteiger partial charge in [0.2, 0.25) is 0 Å². The molecule has 2 aromatic rings. The molecule has 5 saturated carbocycles. The van der Waals surface area contributed by atoms with Crippen LogP contribution in [0.4, 0.5) is 0 Å². The Morgan fingerprint density at radius 2 is 1.45 bits per heavy atom. The molecule has 264 valence electrons. The van der Waals surface area contributed by atoms with E-state index in [9.17, 15) is 5.41 Å². The van der Waals surface area contributed by atoms with Crippen molar-refractivity contribution in [3.8, 4) is 11.1 Å². The van der Waals surface area contributed by atoms with E-state index >= 15 is 0 Å². The summed E-state index contributed by atoms with van der Waals surface area (Å²) in [5.41, 5.74) is 11.0. The molecule has 49 heavy (non-hydrogen) atoms. The number of rotatable bonds is 14. The number of unbranched alkanes of at least 4 members (excludes halogenated alkanes) is 1. The van der Waals surface area contributed by atoms with Crippen LogP contribution in [0.1, 0.15) is 108 Å². The van der Waals surface area contributed by atoms with Gasteiger partial charge in [-0.15, -0.1) is 0 Å². The molecule has 7 aliphatic rings. The summed E-state index contributed by atoms with van der Waals surface area (Å²) in [4.78, 5) is 12.1. The van der Waals surface area contributed by atoms with Crippen LogP contribution in [0, 0.1) is 34.5 Å². The van der Waals surface area contributed by atoms with Gasteiger partial charge in [0, 0.05) is 32.2 Å². The van der Waals surface area contributed by atoms with Gasteiger partial charge in [-0.25, -0.2) is 0 Å². The first-order valence-corrected chi connectivity index (χ1v) is 20.3. The number of nitrogens with one attached hydrogen (secondary N) is 1. The van der Waals surface area contributed by atoms with Crippen molar-refractivity contribution < 1.29 is 0 Å². The van der Waals surface area contributed by atoms with Gasteiger partial charge in [0.25, 0.3) is 0 Å². The van der Waals surface area contributed by atoms with Gasteiger partial charge in [0.1, 0.15) is 0 Å². The van der Waals surface area contributed by atoms with Crippen LogP contribution in [0.25, 0.3) is 11.1 Å². The Labute approximate surface area is 296 Å². The standard InChI is InChI=1S/C43H62N6/c44-41-46-30-39(48(41)22-19-43-27-34-23-35(28-43)25-36(24-34)29-43)13-7-8-20-47-31-40(26-33-9-3-1-4-10-33)49(42(47)45)21-18-32-14-16-38(17-15-32)37-11-5-2-6-12-37/h2,5-6,11-12,14-17,33-36,39-40,45H,1,3-4,7-10,13,18-31H2,(H2,44,46)/t34?,35?,36?,39-,40-,43?/m0/s1. The topological polar surface area (TPSA) is 71.9 Å². The number of nitrogens with zero attached hydrogens (tertiary/aromatic N) is 4. The Morgan fingerprint density at radius 1 is 0.755 bits per heavy atom. The van der Waals surface area contributed by atoms with Gasteiger partial charge in [-0.2, -0.15) is 0 Å². The highest BCUT2D eigenvalue weighted by Gasteiger charge is 2.50. The third-order valence-corrected chi connectivity index (χ3v) is 13.9. The molecule has 2 aliphatic heterocycles. The lowest BCUT2D eigenvalue weighted by Gasteiger charge is -2.57. The molecule has 4 bridgehead atoms. The van der Waals surface area contributed by atoms with E-state index in [1.165, 1.54) is 113 Å². The van der Waals surface area contributed by atoms with E-state index in [1.807, 2.05) is 0 Å². The summed E-state index contributed by atoms with van der Waals surface area (Å²) in [6.45, 7) is 4.94. The van der Waals surface area contributed by atoms with Gasteiger partial charge >= 0.3 is 0 Å². The van der Waals surface area contributed by atoms with Crippen LogP contribution in [0.5, 0.6) is 0 Å². The average molecular weight is 663 g/mol. The Kier molecular flexibility index (Phi) is 9.93. The van der Waals surface area contributed by atoms with Crippen LogP contribution in [-0.2, 0) is 6.42 Å². The van der Waals surface area contributed by atoms with Crippen molar-refractivity contribution in [3.05, 3.63) is 60.2 Å². The normalized spacial score (nSPS) is 31.3. The quantitative estimate of drug-likeness (QED) is 0.199. The molecule has 0 spiro atoms. The maximum atomic E-state index is 9.32. The first-order chi connectivity index (χ1) is 24.0. The van der Waals surface area contributed by atoms with Crippen molar-refractivity contribution in [2.45, 2.75) is 121 Å². The van der Waals surface area contributed by atoms with Crippen LogP contribution in [0.2, 0.25) is 0 Å². The number of aliphatic imine (C=N–C) groups is 1. The lowest BCUT2D eigenvalue weighted by atomic mass is 9.49. The molecule has 6 fully saturated rings. The number of nitrogens with two attached hydrogens (primary N) is 1. The van der Waals surface area contributed by atoms with Crippen LogP contribution >= 0.6 is 0 Å². The van der Waals surface area contributed by atoms with E-state index in [0.717, 1.165) is 81.2 Å². The number of benzene rings is 2. The van der Waals surface area contributed by atoms with Gasteiger partial charge in [-0.3, -0.25) is 10.4 Å². The van der Waals surface area contributed by atoms with E-state index in [2.05, 4.69) is 69.3 Å². The zero-order valence-electron chi connectivity index (χ0n) is 30.1. The average Bonchev–Trinajstić information content (AvgIpc) is 3.62. The van der Waals surface area contributed by atoms with Crippen molar-refractivity contribution in [3.63, 3.8) is 0 Å². The maximum absolute atomic E-state index is 9.32. The van der Waals surface area contributed by atoms with E-state index in [4.69, 9.17) is 10.7 Å². The molecule has 6 nitrogen and oxygen atoms in total. The predicted octanol–water partition coefficient (Wildman–Crippen LogP) is 8.56. The molecule has 2 heterocycles. The number of hydrogen-bond donors (Lipinski definition) is 2. The minimum atomic E-state index is 0.468. The zero-order chi connectivity index (χ0) is 33.2. The molecule has 0 unspecified atom stereocenters. The van der Waals surface area contributed by atoms with Gasteiger partial charge in [0.05, 0.1) is 12.6 Å². The van der Waals surface area contributed by atoms with Crippen LogP contribution in [0.3, 0.4) is 0 Å². The molecule has 0 aromatic heterocycles. The second-order valence-electron chi connectivity index (χ2n) is 17.4. The lowest BCUT2D eigenvalue weighted by Crippen LogP contribution is -2.49. The molecule has 0 radical (unpaired) electrons. The second-order valence-corrected chi connectivity index (χ2v) is 17.4. The van der Waals surface area contributed by atoms with Crippen molar-refractivity contribution in [2.75, 3.05) is 32.7 Å². The molecule has 1 saturated heterocycles. The summed E-state index contributed by atoms with van der Waals surface area (Å²) in [6, 6.07) is 20.7. The lowest BCUT2D eigenvalue weighted by molar-refractivity contribution is -0.0597. The molecular weight excluding hydrogens is 601 g/mol. The Hall–Kier alpha value is -3.02. The Morgan fingerprint density at radius 3 is 2.16 bits per heavy atom. The second kappa shape index (κ2) is 14.7. The van der Waals surface area contributed by atoms with Gasteiger partial charge in [0.15, 0.2) is 11.9 Å². The summed E-state index contributed by atoms with van der Waals surface area (Å²) < 4.78 is 0. The minimum Gasteiger partial charge on any atom is -0.370 e. The Balaban J connectivity index is 0.831. The fourth-order valence-electron chi connectivity index (χ4n) is 11.8. The minimum absolute atomic E-state index is 0.468. The Bertz CT molecular complexity index is 1390. The van der Waals surface area contributed by atoms with E-state index in [0.29, 0.717) is 17.5 Å². The molecular formula is C43H62N6. The third kappa shape index (κ3) is 7.54. The fourth-order valence-corrected chi connectivity index (χ4v) is 11.8. The van der Waals surface area contributed by atoms with E-state index in [1.54, 1.807) is 0 Å². The first-order valence-electron chi connectivity index (χ1n) is 20.3. The molecule has 0 amide bonds. The summed E-state index contributed by atoms with van der Waals surface area (Å²) in [6.07, 6.45) is 23.0. The molecule has 9 rings (SSSR count). The number of hydrogen-bond acceptors (Lipinski definition) is 4. The maximum Gasteiger partial charge on any atom is 0.194 e. The van der Waals surface area contributed by atoms with Gasteiger partial charge < -0.3 is 20.4 Å². The molecule has 2 atom stereocenters. The fraction of sp³-hybridized carbons (Fsp3) is 0.674. The molecule has 3 N–H and O–H groups in total. The summed E-state index contributed by atoms with van der Waals surface area (Å²) in [5.74, 6) is 5.44. The van der Waals surface area contributed by atoms with Crippen molar-refractivity contribution >= 4 is 11.9 Å². The van der Waals surface area contributed by atoms with Gasteiger partial charge in [-0.05, 0) is 123 Å². The first kappa shape index (κ1) is 33.1. The monoisotopic (exact) mass is 663 g/mol. The van der Waals surface area contributed by atoms with Gasteiger partial charge in [-0.1, -0.05) is 86.7 Å². The third-order valence-electron chi connectivity index (χ3n) is 13.9. The molecule has 5 aliphatic carbocycles. The van der Waals surface area contributed by atoms with Crippen LogP contribution in [-0.4, -0.2) is 71.4 Å². The SMILES string of the molecule is N=C1N(CCCC[C@H]2CN=C(N)N2CCC23CC4CC(CC(C4)C2)C3)C[C@H](CC2CCCCC2)N1CCc1ccc(-c2ccccc2)cc1. The molecule has 6 heteroatoms.